The Bertz CT molecular complexity index is 2730. The number of para-hydroxylation sites is 1. The van der Waals surface area contributed by atoms with Crippen LogP contribution in [0.1, 0.15) is 98.6 Å². The van der Waals surface area contributed by atoms with E-state index < -0.39 is 15.7 Å². The SMILES string of the molecule is CC1(C)C(/C=C/c2cc3cc4c(cc3oc2=O)C#CCCCC4)=[N+](CCCCS(=O)(=O)[O-])c2ccccc21.O=c1ccc2cc3c(cc2o1)C#CCCCC3. The highest BCUT2D eigenvalue weighted by Crippen LogP contribution is 2.40. The number of aryl methyl sites for hydroxylation is 2. The summed E-state index contributed by atoms with van der Waals surface area (Å²) in [4.78, 5) is 24.1. The number of allylic oxidation sites excluding steroid dienone is 1. The van der Waals surface area contributed by atoms with Crippen molar-refractivity contribution in [2.45, 2.75) is 83.5 Å². The van der Waals surface area contributed by atoms with Gasteiger partial charge in [0.25, 0.3) is 0 Å². The zero-order chi connectivity index (χ0) is 38.6. The number of hydrogen-bond acceptors (Lipinski definition) is 7. The number of fused-ring (bicyclic) bond motifs is 5. The van der Waals surface area contributed by atoms with Crippen molar-refractivity contribution in [3.63, 3.8) is 0 Å². The van der Waals surface area contributed by atoms with Crippen LogP contribution in [0.5, 0.6) is 0 Å². The van der Waals surface area contributed by atoms with Gasteiger partial charge in [0.15, 0.2) is 5.71 Å². The summed E-state index contributed by atoms with van der Waals surface area (Å²) in [6.07, 6.45) is 13.0. The number of hydrogen-bond donors (Lipinski definition) is 0. The third-order valence-corrected chi connectivity index (χ3v) is 11.3. The highest BCUT2D eigenvalue weighted by molar-refractivity contribution is 7.85. The fraction of sp³-hybridized carbons (Fsp3) is 0.326. The van der Waals surface area contributed by atoms with E-state index in [0.717, 1.165) is 83.8 Å². The molecule has 280 valence electrons. The Morgan fingerprint density at radius 1 is 0.782 bits per heavy atom. The van der Waals surface area contributed by atoms with Crippen molar-refractivity contribution >= 4 is 49.5 Å². The van der Waals surface area contributed by atoms with Gasteiger partial charge < -0.3 is 13.4 Å². The number of nitrogens with zero attached hydrogens (tertiary/aromatic N) is 1. The van der Waals surface area contributed by atoms with Gasteiger partial charge in [-0.15, -0.1) is 0 Å². The Morgan fingerprint density at radius 2 is 1.44 bits per heavy atom. The first kappa shape index (κ1) is 37.8. The first-order valence-electron chi connectivity index (χ1n) is 19.0. The van der Waals surface area contributed by atoms with Crippen LogP contribution in [0.3, 0.4) is 0 Å². The first-order chi connectivity index (χ1) is 26.5. The lowest BCUT2D eigenvalue weighted by atomic mass is 9.81. The van der Waals surface area contributed by atoms with E-state index >= 15 is 0 Å². The molecule has 0 atom stereocenters. The van der Waals surface area contributed by atoms with Crippen molar-refractivity contribution < 1.29 is 26.4 Å². The molecule has 0 saturated heterocycles. The molecular formula is C46H43NO7S. The zero-order valence-electron chi connectivity index (χ0n) is 31.2. The maximum absolute atomic E-state index is 12.9. The van der Waals surface area contributed by atoms with Gasteiger partial charge in [-0.25, -0.2) is 18.0 Å². The topological polar surface area (TPSA) is 121 Å². The van der Waals surface area contributed by atoms with Crippen molar-refractivity contribution in [2.24, 2.45) is 0 Å². The van der Waals surface area contributed by atoms with Crippen LogP contribution in [0.15, 0.2) is 91.2 Å². The third kappa shape index (κ3) is 8.75. The van der Waals surface area contributed by atoms with Gasteiger partial charge in [0.2, 0.25) is 5.69 Å². The molecule has 3 aliphatic rings. The lowest BCUT2D eigenvalue weighted by Crippen LogP contribution is -2.28. The molecule has 0 N–H and O–H groups in total. The molecule has 2 aliphatic carbocycles. The van der Waals surface area contributed by atoms with E-state index in [4.69, 9.17) is 8.83 Å². The van der Waals surface area contributed by atoms with Gasteiger partial charge in [-0.2, -0.15) is 4.58 Å². The summed E-state index contributed by atoms with van der Waals surface area (Å²) in [5.41, 5.74) is 8.17. The summed E-state index contributed by atoms with van der Waals surface area (Å²) >= 11 is 0. The van der Waals surface area contributed by atoms with Gasteiger partial charge in [-0.1, -0.05) is 41.9 Å². The summed E-state index contributed by atoms with van der Waals surface area (Å²) in [6, 6.07) is 21.2. The van der Waals surface area contributed by atoms with Crippen LogP contribution < -0.4 is 11.3 Å². The minimum atomic E-state index is -4.24. The summed E-state index contributed by atoms with van der Waals surface area (Å²) in [5.74, 6) is 12.4. The number of rotatable bonds is 7. The van der Waals surface area contributed by atoms with Crippen LogP contribution in [0.4, 0.5) is 5.69 Å². The molecule has 0 amide bonds. The molecule has 55 heavy (non-hydrogen) atoms. The van der Waals surface area contributed by atoms with E-state index in [9.17, 15) is 22.6 Å². The Hall–Kier alpha value is -5.48. The number of benzene rings is 3. The molecule has 0 bridgehead atoms. The average molecular weight is 754 g/mol. The maximum Gasteiger partial charge on any atom is 0.343 e. The molecule has 3 heterocycles. The molecule has 5 aromatic rings. The van der Waals surface area contributed by atoms with Crippen LogP contribution in [0.2, 0.25) is 0 Å². The van der Waals surface area contributed by atoms with E-state index in [2.05, 4.69) is 60.3 Å². The summed E-state index contributed by atoms with van der Waals surface area (Å²) < 4.78 is 46.2. The fourth-order valence-electron chi connectivity index (χ4n) is 7.63. The van der Waals surface area contributed by atoms with Crippen molar-refractivity contribution in [3.8, 4) is 23.7 Å². The Labute approximate surface area is 321 Å². The quantitative estimate of drug-likeness (QED) is 0.0541. The number of unbranched alkanes of at least 4 members (excludes halogenated alkanes) is 1. The van der Waals surface area contributed by atoms with E-state index in [1.54, 1.807) is 6.08 Å². The molecule has 2 aromatic heterocycles. The van der Waals surface area contributed by atoms with Gasteiger partial charge in [0.05, 0.1) is 21.1 Å². The minimum Gasteiger partial charge on any atom is -0.748 e. The van der Waals surface area contributed by atoms with E-state index in [1.807, 2.05) is 48.5 Å². The molecule has 9 heteroatoms. The molecule has 0 saturated carbocycles. The molecule has 8 rings (SSSR count). The molecule has 8 nitrogen and oxygen atoms in total. The first-order valence-corrected chi connectivity index (χ1v) is 20.6. The average Bonchev–Trinajstić information content (AvgIpc) is 3.34. The molecule has 0 fully saturated rings. The standard InChI is InChI=1S/C31H31NO5S.C15H12O2/c1-31(2)26-13-7-8-14-27(26)32(17-9-10-18-38(34,35)36)29(31)16-15-24-20-25-19-22-11-5-3-4-6-12-23(22)21-28(25)37-30(24)33;16-15-8-7-13-9-11-5-3-1-2-4-6-12(11)10-14(13)17-15/h7-8,13-16,19-21H,3-5,9-11,17-18H2,1-2H3;7-10H,1-3,5H2/b16-15+;. The molecule has 0 unspecified atom stereocenters. The Balaban J connectivity index is 0.000000227. The van der Waals surface area contributed by atoms with E-state index in [-0.39, 0.29) is 16.8 Å². The van der Waals surface area contributed by atoms with Crippen LogP contribution in [0.25, 0.3) is 28.0 Å². The largest absolute Gasteiger partial charge is 0.748 e. The fourth-order valence-corrected chi connectivity index (χ4v) is 8.19. The van der Waals surface area contributed by atoms with Crippen LogP contribution in [-0.4, -0.2) is 35.6 Å². The monoisotopic (exact) mass is 753 g/mol. The van der Waals surface area contributed by atoms with Crippen LogP contribution in [0, 0.1) is 23.7 Å². The second-order valence-corrected chi connectivity index (χ2v) is 16.4. The van der Waals surface area contributed by atoms with E-state index in [0.29, 0.717) is 36.1 Å². The third-order valence-electron chi connectivity index (χ3n) is 10.5. The minimum absolute atomic E-state index is 0.297. The molecule has 0 radical (unpaired) electrons. The Kier molecular flexibility index (Phi) is 11.1. The van der Waals surface area contributed by atoms with Crippen LogP contribution in [-0.2, 0) is 28.4 Å². The highest BCUT2D eigenvalue weighted by Gasteiger charge is 2.43. The van der Waals surface area contributed by atoms with Crippen LogP contribution >= 0.6 is 0 Å². The predicted octanol–water partition coefficient (Wildman–Crippen LogP) is 8.16. The summed E-state index contributed by atoms with van der Waals surface area (Å²) in [5, 5.41) is 1.85. The smallest absolute Gasteiger partial charge is 0.343 e. The van der Waals surface area contributed by atoms with Crippen molar-refractivity contribution in [3.05, 3.63) is 127 Å². The normalized spacial score (nSPS) is 15.9. The molecule has 1 aliphatic heterocycles. The summed E-state index contributed by atoms with van der Waals surface area (Å²) in [7, 11) is -4.24. The second kappa shape index (κ2) is 16.1. The maximum atomic E-state index is 12.9. The van der Waals surface area contributed by atoms with Crippen molar-refractivity contribution in [1.82, 2.24) is 0 Å². The van der Waals surface area contributed by atoms with Crippen molar-refractivity contribution in [1.29, 1.82) is 0 Å². The predicted molar refractivity (Wildman–Crippen MR) is 216 cm³/mol. The molecule has 0 spiro atoms. The summed E-state index contributed by atoms with van der Waals surface area (Å²) in [6.45, 7) is 4.83. The lowest BCUT2D eigenvalue weighted by molar-refractivity contribution is -0.438. The van der Waals surface area contributed by atoms with E-state index in [1.165, 1.54) is 23.6 Å². The molecule has 3 aromatic carbocycles. The van der Waals surface area contributed by atoms with Crippen molar-refractivity contribution in [2.75, 3.05) is 12.3 Å². The van der Waals surface area contributed by atoms with Gasteiger partial charge in [-0.3, -0.25) is 0 Å². The zero-order valence-corrected chi connectivity index (χ0v) is 32.0. The van der Waals surface area contributed by atoms with Gasteiger partial charge >= 0.3 is 11.3 Å². The van der Waals surface area contributed by atoms with Gasteiger partial charge in [0.1, 0.15) is 17.7 Å². The lowest BCUT2D eigenvalue weighted by Gasteiger charge is -2.15. The van der Waals surface area contributed by atoms with Gasteiger partial charge in [-0.05, 0) is 112 Å². The second-order valence-electron chi connectivity index (χ2n) is 14.8. The van der Waals surface area contributed by atoms with Gasteiger partial charge in [0, 0.05) is 70.7 Å². The molecular weight excluding hydrogens is 711 g/mol. The Morgan fingerprint density at radius 3 is 2.13 bits per heavy atom. The highest BCUT2D eigenvalue weighted by atomic mass is 32.2.